The van der Waals surface area contributed by atoms with Gasteiger partial charge in [0.05, 0.1) is 0 Å². The molecule has 6 nitrogen and oxygen atoms in total. The maximum absolute atomic E-state index is 12.8. The lowest BCUT2D eigenvalue weighted by atomic mass is 10.00. The number of unbranched alkanes of at least 4 members (excludes halogenated alkanes) is 36. The SMILES string of the molecule is CCCCCCCCCCCCCCCCCCCC(=O)OC[C@@H](COC(=O)CCCCCCCCC(C)CC)OC(=O)CCCCCCCCCCCCCCCCCC. The zero-order valence-electron chi connectivity index (χ0n) is 41.6. The second-order valence-electron chi connectivity index (χ2n) is 19.1. The monoisotopic (exact) mass is 863 g/mol. The molecule has 0 radical (unpaired) electrons. The van der Waals surface area contributed by atoms with Crippen molar-refractivity contribution in [3.8, 4) is 0 Å². The van der Waals surface area contributed by atoms with Crippen molar-refractivity contribution in [2.45, 2.75) is 316 Å². The van der Waals surface area contributed by atoms with E-state index in [0.29, 0.717) is 19.3 Å². The van der Waals surface area contributed by atoms with Crippen LogP contribution in [0.2, 0.25) is 0 Å². The molecule has 0 bridgehead atoms. The molecule has 2 atom stereocenters. The van der Waals surface area contributed by atoms with E-state index in [1.807, 2.05) is 0 Å². The van der Waals surface area contributed by atoms with E-state index in [2.05, 4.69) is 27.7 Å². The van der Waals surface area contributed by atoms with E-state index in [0.717, 1.165) is 63.7 Å². The smallest absolute Gasteiger partial charge is 0.306 e. The van der Waals surface area contributed by atoms with Crippen molar-refractivity contribution in [3.63, 3.8) is 0 Å². The molecule has 0 aliphatic carbocycles. The van der Waals surface area contributed by atoms with Gasteiger partial charge in [-0.2, -0.15) is 0 Å². The van der Waals surface area contributed by atoms with Gasteiger partial charge in [0.15, 0.2) is 6.10 Å². The summed E-state index contributed by atoms with van der Waals surface area (Å²) in [7, 11) is 0. The normalized spacial score (nSPS) is 12.4. The van der Waals surface area contributed by atoms with Crippen LogP contribution in [0, 0.1) is 5.92 Å². The maximum Gasteiger partial charge on any atom is 0.306 e. The molecule has 0 amide bonds. The molecule has 362 valence electrons. The molecule has 61 heavy (non-hydrogen) atoms. The Bertz CT molecular complexity index is 920. The molecule has 0 saturated heterocycles. The van der Waals surface area contributed by atoms with Gasteiger partial charge in [-0.25, -0.2) is 0 Å². The predicted octanol–water partition coefficient (Wildman–Crippen LogP) is 17.8. The summed E-state index contributed by atoms with van der Waals surface area (Å²) in [5, 5.41) is 0. The summed E-state index contributed by atoms with van der Waals surface area (Å²) in [6, 6.07) is 0. The third-order valence-corrected chi connectivity index (χ3v) is 12.9. The van der Waals surface area contributed by atoms with Crippen LogP contribution in [-0.2, 0) is 28.6 Å². The van der Waals surface area contributed by atoms with E-state index in [9.17, 15) is 14.4 Å². The minimum atomic E-state index is -0.762. The summed E-state index contributed by atoms with van der Waals surface area (Å²) < 4.78 is 16.8. The van der Waals surface area contributed by atoms with Gasteiger partial charge in [-0.15, -0.1) is 0 Å². The molecular weight excluding hydrogens is 757 g/mol. The van der Waals surface area contributed by atoms with Crippen LogP contribution in [0.5, 0.6) is 0 Å². The molecule has 0 aromatic heterocycles. The molecule has 0 rings (SSSR count). The average Bonchev–Trinajstić information content (AvgIpc) is 3.26. The molecular formula is C55H106O6. The Hall–Kier alpha value is -1.59. The maximum atomic E-state index is 12.8. The first-order valence-corrected chi connectivity index (χ1v) is 27.4. The van der Waals surface area contributed by atoms with E-state index >= 15 is 0 Å². The second-order valence-corrected chi connectivity index (χ2v) is 19.1. The van der Waals surface area contributed by atoms with Gasteiger partial charge in [-0.3, -0.25) is 14.4 Å². The quantitative estimate of drug-likeness (QED) is 0.0344. The summed E-state index contributed by atoms with van der Waals surface area (Å²) in [6.07, 6.45) is 52.4. The standard InChI is InChI=1S/C55H106O6/c1-5-8-10-12-14-16-18-20-22-24-26-27-29-31-33-38-42-46-53(56)59-49-52(50-60-54(57)47-43-39-36-35-37-41-45-51(4)7-3)61-55(58)48-44-40-34-32-30-28-25-23-21-19-17-15-13-11-9-6-2/h51-52H,5-50H2,1-4H3/t51?,52-/m0/s1. The first-order valence-electron chi connectivity index (χ1n) is 27.4. The number of ether oxygens (including phenoxy) is 3. The van der Waals surface area contributed by atoms with Crippen LogP contribution in [0.3, 0.4) is 0 Å². The molecule has 1 unspecified atom stereocenters. The number of hydrogen-bond donors (Lipinski definition) is 0. The minimum absolute atomic E-state index is 0.0631. The lowest BCUT2D eigenvalue weighted by Crippen LogP contribution is -2.30. The topological polar surface area (TPSA) is 78.9 Å². The molecule has 0 heterocycles. The van der Waals surface area contributed by atoms with Crippen molar-refractivity contribution in [1.82, 2.24) is 0 Å². The van der Waals surface area contributed by atoms with Gasteiger partial charge in [0, 0.05) is 19.3 Å². The van der Waals surface area contributed by atoms with Crippen LogP contribution in [-0.4, -0.2) is 37.2 Å². The highest BCUT2D eigenvalue weighted by Gasteiger charge is 2.19. The molecule has 0 aliphatic heterocycles. The number of esters is 3. The molecule has 0 aromatic rings. The van der Waals surface area contributed by atoms with Gasteiger partial charge in [0.2, 0.25) is 0 Å². The summed E-state index contributed by atoms with van der Waals surface area (Å²) in [5.41, 5.74) is 0. The highest BCUT2D eigenvalue weighted by Crippen LogP contribution is 2.18. The van der Waals surface area contributed by atoms with Crippen molar-refractivity contribution in [2.24, 2.45) is 5.92 Å². The van der Waals surface area contributed by atoms with Crippen molar-refractivity contribution in [1.29, 1.82) is 0 Å². The van der Waals surface area contributed by atoms with Gasteiger partial charge in [-0.1, -0.05) is 272 Å². The van der Waals surface area contributed by atoms with E-state index in [1.165, 1.54) is 205 Å². The first kappa shape index (κ1) is 59.4. The molecule has 0 fully saturated rings. The predicted molar refractivity (Wildman–Crippen MR) is 261 cm³/mol. The van der Waals surface area contributed by atoms with E-state index in [1.54, 1.807) is 0 Å². The van der Waals surface area contributed by atoms with Gasteiger partial charge >= 0.3 is 17.9 Å². The van der Waals surface area contributed by atoms with Gasteiger partial charge < -0.3 is 14.2 Å². The molecule has 0 aromatic carbocycles. The van der Waals surface area contributed by atoms with Gasteiger partial charge in [0.25, 0.3) is 0 Å². The minimum Gasteiger partial charge on any atom is -0.462 e. The van der Waals surface area contributed by atoms with Crippen LogP contribution < -0.4 is 0 Å². The Kier molecular flexibility index (Phi) is 48.1. The van der Waals surface area contributed by atoms with Crippen LogP contribution in [0.25, 0.3) is 0 Å². The number of hydrogen-bond acceptors (Lipinski definition) is 6. The Balaban J connectivity index is 4.26. The van der Waals surface area contributed by atoms with Crippen molar-refractivity contribution >= 4 is 17.9 Å². The van der Waals surface area contributed by atoms with Crippen LogP contribution in [0.4, 0.5) is 0 Å². The number of carbonyl (C=O) groups excluding carboxylic acids is 3. The molecule has 0 spiro atoms. The highest BCUT2D eigenvalue weighted by molar-refractivity contribution is 5.71. The van der Waals surface area contributed by atoms with Gasteiger partial charge in [0.1, 0.15) is 13.2 Å². The van der Waals surface area contributed by atoms with E-state index < -0.39 is 6.10 Å². The number of carbonyl (C=O) groups is 3. The Morgan fingerprint density at radius 2 is 0.574 bits per heavy atom. The molecule has 6 heteroatoms. The molecule has 0 saturated carbocycles. The first-order chi connectivity index (χ1) is 29.9. The number of rotatable bonds is 50. The zero-order valence-corrected chi connectivity index (χ0v) is 41.6. The lowest BCUT2D eigenvalue weighted by Gasteiger charge is -2.18. The summed E-state index contributed by atoms with van der Waals surface area (Å²) in [5.74, 6) is -0.0292. The zero-order chi connectivity index (χ0) is 44.5. The lowest BCUT2D eigenvalue weighted by molar-refractivity contribution is -0.167. The molecule has 0 aliphatic rings. The van der Waals surface area contributed by atoms with Crippen molar-refractivity contribution in [2.75, 3.05) is 13.2 Å². The Labute approximate surface area is 380 Å². The van der Waals surface area contributed by atoms with Crippen molar-refractivity contribution < 1.29 is 28.6 Å². The second kappa shape index (κ2) is 49.4. The highest BCUT2D eigenvalue weighted by atomic mass is 16.6. The fraction of sp³-hybridized carbons (Fsp3) is 0.945. The van der Waals surface area contributed by atoms with Crippen LogP contribution >= 0.6 is 0 Å². The third-order valence-electron chi connectivity index (χ3n) is 12.9. The summed E-state index contributed by atoms with van der Waals surface area (Å²) in [6.45, 7) is 9.02. The molecule has 0 N–H and O–H groups in total. The van der Waals surface area contributed by atoms with Gasteiger partial charge in [-0.05, 0) is 25.2 Å². The average molecular weight is 863 g/mol. The van der Waals surface area contributed by atoms with Crippen LogP contribution in [0.1, 0.15) is 310 Å². The van der Waals surface area contributed by atoms with Crippen LogP contribution in [0.15, 0.2) is 0 Å². The third kappa shape index (κ3) is 47.7. The fourth-order valence-electron chi connectivity index (χ4n) is 8.36. The Morgan fingerprint density at radius 1 is 0.328 bits per heavy atom. The largest absolute Gasteiger partial charge is 0.462 e. The summed E-state index contributed by atoms with van der Waals surface area (Å²) in [4.78, 5) is 38.0. The fourth-order valence-corrected chi connectivity index (χ4v) is 8.36. The van der Waals surface area contributed by atoms with E-state index in [-0.39, 0.29) is 31.1 Å². The van der Waals surface area contributed by atoms with Crippen molar-refractivity contribution in [3.05, 3.63) is 0 Å². The summed E-state index contributed by atoms with van der Waals surface area (Å²) >= 11 is 0. The van der Waals surface area contributed by atoms with E-state index in [4.69, 9.17) is 14.2 Å². The Morgan fingerprint density at radius 3 is 0.852 bits per heavy atom.